The third kappa shape index (κ3) is 11.9. The van der Waals surface area contributed by atoms with E-state index in [4.69, 9.17) is 45.0 Å². The third-order valence-corrected chi connectivity index (χ3v) is 14.8. The molecular weight excluding hydrogens is 1040 g/mol. The van der Waals surface area contributed by atoms with Gasteiger partial charge in [0.05, 0.1) is 32.5 Å². The first-order chi connectivity index (χ1) is 38.8. The molecule has 1 aliphatic heterocycles. The number of carbonyl (C=O) groups excluding carboxylic acids is 5. The van der Waals surface area contributed by atoms with Crippen LogP contribution in [0.1, 0.15) is 77.7 Å². The Balaban J connectivity index is 0.874. The maximum atomic E-state index is 14.5. The van der Waals surface area contributed by atoms with Crippen molar-refractivity contribution in [3.8, 4) is 34.1 Å². The number of alkyl carbamates (subject to hydrolysis) is 2. The first-order valence-electron chi connectivity index (χ1n) is 26.4. The fourth-order valence-corrected chi connectivity index (χ4v) is 10.7. The molecule has 0 fully saturated rings. The second-order valence-electron chi connectivity index (χ2n) is 19.8. The van der Waals surface area contributed by atoms with Gasteiger partial charge in [0.2, 0.25) is 17.6 Å². The first kappa shape index (κ1) is 56.0. The number of anilines is 2. The number of hydrogen-bond donors (Lipinski definition) is 5. The SMILES string of the molecule is C=CCOC(=O)NCCCC[C@H](NC(=O)[C@@H](NC(=O)OCC1c2ccccc2-c2ccccc21)C(C)C)C(=O)Nc1ccc(COc2cc3c(c4cccnc24)C(CCl)CN3C(=O)c2cc3cc(OC)c(OC)c(OC)c3[nH]2)cc1. The number of aromatic amines is 1. The van der Waals surface area contributed by atoms with Crippen molar-refractivity contribution in [3.05, 3.63) is 150 Å². The van der Waals surface area contributed by atoms with Crippen LogP contribution in [0.2, 0.25) is 0 Å². The molecule has 18 nitrogen and oxygen atoms in total. The highest BCUT2D eigenvalue weighted by Gasteiger charge is 2.37. The van der Waals surface area contributed by atoms with Crippen LogP contribution in [0.15, 0.2) is 122 Å². The van der Waals surface area contributed by atoms with Crippen LogP contribution in [-0.2, 0) is 25.7 Å². The molecule has 19 heteroatoms. The zero-order valence-electron chi connectivity index (χ0n) is 45.2. The molecule has 1 aliphatic carbocycles. The van der Waals surface area contributed by atoms with E-state index in [9.17, 15) is 24.0 Å². The summed E-state index contributed by atoms with van der Waals surface area (Å²) in [6, 6.07) is 30.2. The van der Waals surface area contributed by atoms with Crippen LogP contribution in [-0.4, -0.2) is 105 Å². The Bertz CT molecular complexity index is 3390. The average molecular weight is 1110 g/mol. The summed E-state index contributed by atoms with van der Waals surface area (Å²) in [5.74, 6) is -0.109. The van der Waals surface area contributed by atoms with Gasteiger partial charge in [-0.25, -0.2) is 9.59 Å². The van der Waals surface area contributed by atoms with Gasteiger partial charge in [0, 0.05) is 59.5 Å². The molecule has 0 spiro atoms. The minimum Gasteiger partial charge on any atom is -0.493 e. The highest BCUT2D eigenvalue weighted by Crippen LogP contribution is 2.48. The number of rotatable bonds is 23. The molecule has 5 N–H and O–H groups in total. The third-order valence-electron chi connectivity index (χ3n) is 14.4. The van der Waals surface area contributed by atoms with Crippen molar-refractivity contribution >= 4 is 74.7 Å². The number of H-pyrrole nitrogens is 1. The van der Waals surface area contributed by atoms with Crippen molar-refractivity contribution in [1.82, 2.24) is 25.9 Å². The van der Waals surface area contributed by atoms with Crippen LogP contribution in [0.25, 0.3) is 32.9 Å². The fourth-order valence-electron chi connectivity index (χ4n) is 10.5. The van der Waals surface area contributed by atoms with Gasteiger partial charge in [-0.1, -0.05) is 93.2 Å². The summed E-state index contributed by atoms with van der Waals surface area (Å²) < 4.78 is 34.1. The number of aromatic nitrogens is 2. The maximum Gasteiger partial charge on any atom is 0.407 e. The van der Waals surface area contributed by atoms with E-state index in [1.807, 2.05) is 66.7 Å². The Morgan fingerprint density at radius 1 is 0.812 bits per heavy atom. The van der Waals surface area contributed by atoms with Crippen LogP contribution in [0.3, 0.4) is 0 Å². The molecule has 2 aliphatic rings. The fraction of sp³-hybridized carbons (Fsp3) is 0.311. The number of halogens is 1. The monoisotopic (exact) mass is 1110 g/mol. The molecule has 9 rings (SSSR count). The van der Waals surface area contributed by atoms with Crippen molar-refractivity contribution in [2.24, 2.45) is 5.92 Å². The number of methoxy groups -OCH3 is 3. The molecule has 0 bridgehead atoms. The summed E-state index contributed by atoms with van der Waals surface area (Å²) in [6.07, 6.45) is 2.93. The van der Waals surface area contributed by atoms with Gasteiger partial charge in [-0.2, -0.15) is 0 Å². The van der Waals surface area contributed by atoms with Gasteiger partial charge in [-0.3, -0.25) is 19.4 Å². The van der Waals surface area contributed by atoms with E-state index in [1.54, 1.807) is 49.2 Å². The molecule has 1 unspecified atom stereocenters. The Morgan fingerprint density at radius 2 is 1.54 bits per heavy atom. The topological polar surface area (TPSA) is 221 Å². The van der Waals surface area contributed by atoms with Gasteiger partial charge in [0.25, 0.3) is 5.91 Å². The molecule has 5 amide bonds. The van der Waals surface area contributed by atoms with E-state index < -0.39 is 36.1 Å². The van der Waals surface area contributed by atoms with Gasteiger partial charge in [-0.15, -0.1) is 11.6 Å². The minimum absolute atomic E-state index is 0.0635. The van der Waals surface area contributed by atoms with Crippen molar-refractivity contribution in [2.45, 2.75) is 63.6 Å². The number of nitrogens with zero attached hydrogens (tertiary/aromatic N) is 2. The van der Waals surface area contributed by atoms with E-state index in [0.29, 0.717) is 75.9 Å². The zero-order chi connectivity index (χ0) is 56.5. The number of ether oxygens (including phenoxy) is 6. The average Bonchev–Trinajstić information content (AvgIpc) is 4.20. The Morgan fingerprint density at radius 3 is 2.21 bits per heavy atom. The van der Waals surface area contributed by atoms with Crippen molar-refractivity contribution in [2.75, 3.05) is 63.7 Å². The molecule has 0 saturated carbocycles. The van der Waals surface area contributed by atoms with E-state index >= 15 is 0 Å². The Labute approximate surface area is 468 Å². The number of nitrogens with one attached hydrogen (secondary N) is 5. The second-order valence-corrected chi connectivity index (χ2v) is 20.1. The lowest BCUT2D eigenvalue weighted by Crippen LogP contribution is -2.54. The summed E-state index contributed by atoms with van der Waals surface area (Å²) in [7, 11) is 4.57. The summed E-state index contributed by atoms with van der Waals surface area (Å²) in [5.41, 5.74) is 8.56. The van der Waals surface area contributed by atoms with Crippen LogP contribution in [0.5, 0.6) is 23.0 Å². The molecule has 5 aromatic carbocycles. The first-order valence-corrected chi connectivity index (χ1v) is 27.0. The number of carbonyl (C=O) groups is 5. The maximum absolute atomic E-state index is 14.5. The van der Waals surface area contributed by atoms with Crippen LogP contribution < -0.4 is 45.1 Å². The van der Waals surface area contributed by atoms with E-state index in [1.165, 1.54) is 27.4 Å². The number of unbranched alkanes of at least 4 members (excludes halogenated alkanes) is 1. The smallest absolute Gasteiger partial charge is 0.407 e. The van der Waals surface area contributed by atoms with E-state index in [-0.39, 0.29) is 62.3 Å². The van der Waals surface area contributed by atoms with E-state index in [0.717, 1.165) is 38.8 Å². The van der Waals surface area contributed by atoms with Crippen LogP contribution >= 0.6 is 11.6 Å². The van der Waals surface area contributed by atoms with Crippen molar-refractivity contribution in [1.29, 1.82) is 0 Å². The second kappa shape index (κ2) is 25.4. The standard InChI is InChI=1S/C61H64ClN7O11/c1-7-27-78-60(73)64-25-13-12-20-46(67-58(71)52(35(2)3)68-61(74)80-34-45-42-17-10-8-15-40(42)41-16-9-11-18-43(41)45)57(70)65-39-23-21-36(22-24-39)33-79-49-30-48-51(44-19-14-26-63-54(44)49)38(31-62)32-69(48)59(72)47-28-37-29-50(75-4)55(76-5)56(77-6)53(37)66-47/h7-11,14-19,21-24,26,28-30,35,38,45-46,52,66H,1,12-13,20,25,27,31-34H2,2-6H3,(H,64,73)(H,65,70)(H,67,71)(H,68,74)/t38?,46-,52-/m0/s1. The molecule has 0 radical (unpaired) electrons. The lowest BCUT2D eigenvalue weighted by molar-refractivity contribution is -0.128. The summed E-state index contributed by atoms with van der Waals surface area (Å²) >= 11 is 6.61. The number of fused-ring (bicyclic) bond motifs is 7. The quantitative estimate of drug-likeness (QED) is 0.0229. The lowest BCUT2D eigenvalue weighted by Gasteiger charge is -2.25. The van der Waals surface area contributed by atoms with Gasteiger partial charge in [0.15, 0.2) is 11.5 Å². The van der Waals surface area contributed by atoms with Crippen LogP contribution in [0.4, 0.5) is 21.0 Å². The van der Waals surface area contributed by atoms with Crippen molar-refractivity contribution in [3.63, 3.8) is 0 Å². The normalized spacial score (nSPS) is 14.1. The molecule has 3 heterocycles. The largest absolute Gasteiger partial charge is 0.493 e. The summed E-state index contributed by atoms with van der Waals surface area (Å²) in [5, 5.41) is 12.7. The number of pyridine rings is 1. The van der Waals surface area contributed by atoms with Gasteiger partial charge < -0.3 is 59.6 Å². The molecule has 3 atom stereocenters. The number of benzene rings is 5. The van der Waals surface area contributed by atoms with E-state index in [2.05, 4.69) is 45.0 Å². The minimum atomic E-state index is -1.04. The van der Waals surface area contributed by atoms with Crippen LogP contribution in [0, 0.1) is 5.92 Å². The number of amides is 5. The lowest BCUT2D eigenvalue weighted by atomic mass is 9.97. The van der Waals surface area contributed by atoms with Gasteiger partial charge >= 0.3 is 12.2 Å². The molecule has 7 aromatic rings. The highest BCUT2D eigenvalue weighted by atomic mass is 35.5. The van der Waals surface area contributed by atoms with Crippen molar-refractivity contribution < 1.29 is 52.4 Å². The number of hydrogen-bond acceptors (Lipinski definition) is 12. The van der Waals surface area contributed by atoms with Gasteiger partial charge in [0.1, 0.15) is 48.9 Å². The molecule has 80 heavy (non-hydrogen) atoms. The summed E-state index contributed by atoms with van der Waals surface area (Å²) in [4.78, 5) is 77.8. The Hall–Kier alpha value is -8.77. The number of alkyl halides is 1. The Kier molecular flexibility index (Phi) is 17.7. The van der Waals surface area contributed by atoms with Gasteiger partial charge in [-0.05, 0) is 88.9 Å². The molecule has 2 aromatic heterocycles. The molecule has 0 saturated heterocycles. The highest BCUT2D eigenvalue weighted by molar-refractivity contribution is 6.19. The predicted octanol–water partition coefficient (Wildman–Crippen LogP) is 10.4. The predicted molar refractivity (Wildman–Crippen MR) is 306 cm³/mol. The summed E-state index contributed by atoms with van der Waals surface area (Å²) in [6.45, 7) is 7.97. The zero-order valence-corrected chi connectivity index (χ0v) is 45.9. The molecular formula is C61H64ClN7O11. The molecule has 416 valence electrons.